The first-order chi connectivity index (χ1) is 24.0. The Morgan fingerprint density at radius 3 is 1.73 bits per heavy atom. The predicted octanol–water partition coefficient (Wildman–Crippen LogP) is 13.6. The summed E-state index contributed by atoms with van der Waals surface area (Å²) in [6.07, 6.45) is 0. The van der Waals surface area contributed by atoms with E-state index in [4.69, 9.17) is 0 Å². The minimum Gasteiger partial charge on any atom is -0.0619 e. The molecule has 0 radical (unpaired) electrons. The molecule has 1 aliphatic rings. The molecule has 230 valence electrons. The normalized spacial score (nSPS) is 13.3. The summed E-state index contributed by atoms with van der Waals surface area (Å²) in [4.78, 5) is 0. The Morgan fingerprint density at radius 2 is 0.918 bits per heavy atom. The summed E-state index contributed by atoms with van der Waals surface area (Å²) in [5.74, 6) is 0. The van der Waals surface area contributed by atoms with E-state index < -0.39 is 0 Å². The molecule has 0 unspecified atom stereocenters. The molecule has 0 spiro atoms. The topological polar surface area (TPSA) is 0 Å². The van der Waals surface area contributed by atoms with E-state index in [1.807, 2.05) is 0 Å². The van der Waals surface area contributed by atoms with Crippen molar-refractivity contribution in [2.24, 2.45) is 0 Å². The van der Waals surface area contributed by atoms with E-state index in [9.17, 15) is 0 Å². The quantitative estimate of drug-likeness (QED) is 0.136. The van der Waals surface area contributed by atoms with Crippen LogP contribution in [0.15, 0.2) is 170 Å². The van der Waals surface area contributed by atoms with E-state index in [0.29, 0.717) is 0 Å². The second-order valence-electron chi connectivity index (χ2n) is 14.1. The van der Waals surface area contributed by atoms with Crippen LogP contribution in [0.25, 0.3) is 87.6 Å². The number of fused-ring (bicyclic) bond motifs is 9. The Kier molecular flexibility index (Phi) is 6.02. The van der Waals surface area contributed by atoms with Gasteiger partial charge in [0.1, 0.15) is 0 Å². The maximum absolute atomic E-state index is 2.37. The van der Waals surface area contributed by atoms with Crippen LogP contribution in [-0.4, -0.2) is 0 Å². The van der Waals surface area contributed by atoms with Gasteiger partial charge in [-0.25, -0.2) is 0 Å². The third kappa shape index (κ3) is 4.24. The fraction of sp³-hybridized carbons (Fsp3) is 0.0612. The molecule has 0 amide bonds. The molecule has 49 heavy (non-hydrogen) atoms. The predicted molar refractivity (Wildman–Crippen MR) is 210 cm³/mol. The van der Waals surface area contributed by atoms with Crippen molar-refractivity contribution >= 4 is 43.1 Å². The Morgan fingerprint density at radius 1 is 0.327 bits per heavy atom. The van der Waals surface area contributed by atoms with Gasteiger partial charge >= 0.3 is 0 Å². The molecule has 0 aliphatic heterocycles. The first-order valence-electron chi connectivity index (χ1n) is 17.3. The van der Waals surface area contributed by atoms with Gasteiger partial charge in [-0.2, -0.15) is 0 Å². The van der Waals surface area contributed by atoms with E-state index in [-0.39, 0.29) is 5.41 Å². The lowest BCUT2D eigenvalue weighted by atomic mass is 9.80. The van der Waals surface area contributed by atoms with Crippen LogP contribution in [0.3, 0.4) is 0 Å². The fourth-order valence-corrected chi connectivity index (χ4v) is 8.67. The van der Waals surface area contributed by atoms with Crippen molar-refractivity contribution in [2.45, 2.75) is 19.3 Å². The highest BCUT2D eigenvalue weighted by Crippen LogP contribution is 2.51. The van der Waals surface area contributed by atoms with Crippen LogP contribution in [0.1, 0.15) is 25.0 Å². The molecule has 1 aliphatic carbocycles. The summed E-state index contributed by atoms with van der Waals surface area (Å²) in [5.41, 5.74) is 13.0. The van der Waals surface area contributed by atoms with Gasteiger partial charge in [0, 0.05) is 5.41 Å². The summed E-state index contributed by atoms with van der Waals surface area (Å²) < 4.78 is 0. The summed E-state index contributed by atoms with van der Waals surface area (Å²) in [6, 6.07) is 63.1. The lowest BCUT2D eigenvalue weighted by Crippen LogP contribution is -2.15. The van der Waals surface area contributed by atoms with E-state index >= 15 is 0 Å². The van der Waals surface area contributed by atoms with Gasteiger partial charge in [-0.15, -0.1) is 0 Å². The molecule has 10 rings (SSSR count). The Labute approximate surface area is 286 Å². The van der Waals surface area contributed by atoms with Crippen molar-refractivity contribution in [3.63, 3.8) is 0 Å². The molecule has 0 atom stereocenters. The van der Waals surface area contributed by atoms with Crippen molar-refractivity contribution < 1.29 is 0 Å². The van der Waals surface area contributed by atoms with Crippen LogP contribution in [0.2, 0.25) is 0 Å². The Hall–Kier alpha value is -5.98. The van der Waals surface area contributed by atoms with Crippen molar-refractivity contribution in [3.05, 3.63) is 181 Å². The van der Waals surface area contributed by atoms with Gasteiger partial charge in [0.05, 0.1) is 0 Å². The van der Waals surface area contributed by atoms with Gasteiger partial charge in [0.2, 0.25) is 0 Å². The smallest absolute Gasteiger partial charge is 0.0165 e. The van der Waals surface area contributed by atoms with Crippen molar-refractivity contribution in [3.8, 4) is 44.5 Å². The standard InChI is InChI=1S/C49H34/c1-49(2)46-20-8-7-19-42(46)44-26-23-37-28-35(22-24-41(37)48(44)49)33-14-9-13-32(27-33)34-15-10-16-38(29-34)47-40-18-6-4-12-36(40)30-45-39-17-5-3-11-31(39)21-25-43(45)47/h3-30H,1-2H3. The van der Waals surface area contributed by atoms with Gasteiger partial charge in [-0.1, -0.05) is 159 Å². The second-order valence-corrected chi connectivity index (χ2v) is 14.1. The molecule has 9 aromatic rings. The van der Waals surface area contributed by atoms with E-state index in [2.05, 4.69) is 184 Å². The van der Waals surface area contributed by atoms with Gasteiger partial charge < -0.3 is 0 Å². The molecule has 0 fully saturated rings. The fourth-order valence-electron chi connectivity index (χ4n) is 8.67. The number of hydrogen-bond donors (Lipinski definition) is 0. The number of rotatable bonds is 3. The highest BCUT2D eigenvalue weighted by Gasteiger charge is 2.36. The third-order valence-corrected chi connectivity index (χ3v) is 11.0. The third-order valence-electron chi connectivity index (χ3n) is 11.0. The largest absolute Gasteiger partial charge is 0.0619 e. The van der Waals surface area contributed by atoms with Gasteiger partial charge in [0.25, 0.3) is 0 Å². The molecule has 0 aromatic heterocycles. The molecular weight excluding hydrogens is 589 g/mol. The van der Waals surface area contributed by atoms with Gasteiger partial charge in [-0.05, 0) is 123 Å². The van der Waals surface area contributed by atoms with Crippen molar-refractivity contribution in [2.75, 3.05) is 0 Å². The average Bonchev–Trinajstić information content (AvgIpc) is 3.40. The molecule has 0 saturated heterocycles. The second kappa shape index (κ2) is 10.5. The highest BCUT2D eigenvalue weighted by atomic mass is 14.4. The maximum Gasteiger partial charge on any atom is 0.0165 e. The highest BCUT2D eigenvalue weighted by molar-refractivity contribution is 6.20. The van der Waals surface area contributed by atoms with Crippen LogP contribution in [0, 0.1) is 0 Å². The lowest BCUT2D eigenvalue weighted by Gasteiger charge is -2.23. The van der Waals surface area contributed by atoms with Crippen LogP contribution in [-0.2, 0) is 5.41 Å². The lowest BCUT2D eigenvalue weighted by molar-refractivity contribution is 0.666. The SMILES string of the molecule is CC1(C)c2ccccc2-c2ccc3cc(-c4cccc(-c5cccc(-c6c7ccccc7cc7c6ccc6ccccc67)c5)c4)ccc3c21. The minimum absolute atomic E-state index is 0.0274. The zero-order chi connectivity index (χ0) is 32.7. The van der Waals surface area contributed by atoms with E-state index in [1.165, 1.54) is 98.7 Å². The monoisotopic (exact) mass is 622 g/mol. The Bertz CT molecular complexity index is 2800. The first kappa shape index (κ1) is 28.1. The molecule has 0 heterocycles. The summed E-state index contributed by atoms with van der Waals surface area (Å²) in [7, 11) is 0. The van der Waals surface area contributed by atoms with E-state index in [1.54, 1.807) is 0 Å². The van der Waals surface area contributed by atoms with Gasteiger partial charge in [0.15, 0.2) is 0 Å². The maximum atomic E-state index is 2.37. The zero-order valence-electron chi connectivity index (χ0n) is 27.7. The number of benzene rings is 9. The molecule has 0 heteroatoms. The summed E-state index contributed by atoms with van der Waals surface area (Å²) >= 11 is 0. The molecule has 0 bridgehead atoms. The number of hydrogen-bond acceptors (Lipinski definition) is 0. The van der Waals surface area contributed by atoms with Crippen LogP contribution >= 0.6 is 0 Å². The summed E-state index contributed by atoms with van der Waals surface area (Å²) in [6.45, 7) is 4.73. The van der Waals surface area contributed by atoms with Crippen LogP contribution in [0.5, 0.6) is 0 Å². The van der Waals surface area contributed by atoms with Crippen molar-refractivity contribution in [1.29, 1.82) is 0 Å². The van der Waals surface area contributed by atoms with Crippen LogP contribution in [0.4, 0.5) is 0 Å². The molecule has 0 nitrogen and oxygen atoms in total. The van der Waals surface area contributed by atoms with Gasteiger partial charge in [-0.3, -0.25) is 0 Å². The average molecular weight is 623 g/mol. The van der Waals surface area contributed by atoms with Crippen molar-refractivity contribution in [1.82, 2.24) is 0 Å². The molecule has 0 N–H and O–H groups in total. The van der Waals surface area contributed by atoms with E-state index in [0.717, 1.165) is 0 Å². The molecule has 9 aromatic carbocycles. The summed E-state index contributed by atoms with van der Waals surface area (Å²) in [5, 5.41) is 10.3. The van der Waals surface area contributed by atoms with Crippen LogP contribution < -0.4 is 0 Å². The Balaban J connectivity index is 1.08. The zero-order valence-corrected chi connectivity index (χ0v) is 27.7. The molecular formula is C49H34. The molecule has 0 saturated carbocycles. The first-order valence-corrected chi connectivity index (χ1v) is 17.3. The minimum atomic E-state index is -0.0274.